The van der Waals surface area contributed by atoms with Gasteiger partial charge in [-0.1, -0.05) is 47.7 Å². The summed E-state index contributed by atoms with van der Waals surface area (Å²) in [7, 11) is 0. The van der Waals surface area contributed by atoms with E-state index in [1.165, 1.54) is 16.9 Å². The van der Waals surface area contributed by atoms with E-state index in [4.69, 9.17) is 10.5 Å². The predicted molar refractivity (Wildman–Crippen MR) is 97.0 cm³/mol. The van der Waals surface area contributed by atoms with Crippen molar-refractivity contribution in [2.45, 2.75) is 19.4 Å². The maximum absolute atomic E-state index is 11.7. The van der Waals surface area contributed by atoms with Gasteiger partial charge in [0.15, 0.2) is 5.13 Å². The Morgan fingerprint density at radius 2 is 2.00 bits per heavy atom. The van der Waals surface area contributed by atoms with Crippen LogP contribution in [0.4, 0.5) is 9.93 Å². The molecular weight excluding hydrogens is 322 g/mol. The molecule has 0 atom stereocenters. The first-order chi connectivity index (χ1) is 11.7. The number of hydrogen-bond acceptors (Lipinski definition) is 5. The molecule has 0 aliphatic heterocycles. The summed E-state index contributed by atoms with van der Waals surface area (Å²) in [4.78, 5) is 15.9. The van der Waals surface area contributed by atoms with Crippen molar-refractivity contribution < 1.29 is 9.53 Å². The molecule has 0 spiro atoms. The Kier molecular flexibility index (Phi) is 5.28. The molecule has 0 saturated heterocycles. The van der Waals surface area contributed by atoms with Crippen molar-refractivity contribution in [1.29, 1.82) is 0 Å². The predicted octanol–water partition coefficient (Wildman–Crippen LogP) is 3.74. The first-order valence-electron chi connectivity index (χ1n) is 7.80. The Labute approximate surface area is 144 Å². The van der Waals surface area contributed by atoms with E-state index < -0.39 is 0 Å². The zero-order chi connectivity index (χ0) is 16.8. The normalized spacial score (nSPS) is 10.7. The number of hydrogen-bond donors (Lipinski definition) is 2. The first-order valence-corrected chi connectivity index (χ1v) is 8.62. The van der Waals surface area contributed by atoms with E-state index in [0.717, 1.165) is 28.6 Å². The number of nitrogens with two attached hydrogens (primary N) is 1. The fourth-order valence-electron chi connectivity index (χ4n) is 2.40. The van der Waals surface area contributed by atoms with Gasteiger partial charge in [-0.15, -0.1) is 0 Å². The molecule has 0 saturated carbocycles. The summed E-state index contributed by atoms with van der Waals surface area (Å²) in [6.45, 7) is 0.868. The lowest BCUT2D eigenvalue weighted by atomic mass is 10.1. The van der Waals surface area contributed by atoms with E-state index in [-0.39, 0.29) is 12.7 Å². The second-order valence-corrected chi connectivity index (χ2v) is 6.51. The minimum absolute atomic E-state index is 0.288. The quantitative estimate of drug-likeness (QED) is 0.670. The van der Waals surface area contributed by atoms with E-state index in [9.17, 15) is 4.79 Å². The molecule has 2 aromatic carbocycles. The van der Waals surface area contributed by atoms with Crippen LogP contribution in [0.1, 0.15) is 17.5 Å². The molecule has 6 heteroatoms. The van der Waals surface area contributed by atoms with Gasteiger partial charge in [0.25, 0.3) is 0 Å². The molecule has 0 bridgehead atoms. The number of benzene rings is 2. The monoisotopic (exact) mass is 341 g/mol. The van der Waals surface area contributed by atoms with Gasteiger partial charge in [-0.2, -0.15) is 0 Å². The number of nitrogen functional groups attached to an aromatic ring is 1. The summed E-state index contributed by atoms with van der Waals surface area (Å²) in [5, 5.41) is 3.36. The van der Waals surface area contributed by atoms with Crippen LogP contribution in [0.2, 0.25) is 0 Å². The fraction of sp³-hybridized carbons (Fsp3) is 0.222. The highest BCUT2D eigenvalue weighted by molar-refractivity contribution is 7.22. The number of ether oxygens (including phenoxy) is 1. The van der Waals surface area contributed by atoms with Crippen molar-refractivity contribution in [2.24, 2.45) is 0 Å². The molecule has 0 fully saturated rings. The van der Waals surface area contributed by atoms with Crippen molar-refractivity contribution in [1.82, 2.24) is 10.3 Å². The Hall–Kier alpha value is -2.60. The van der Waals surface area contributed by atoms with Crippen molar-refractivity contribution in [3.63, 3.8) is 0 Å². The highest BCUT2D eigenvalue weighted by Crippen LogP contribution is 2.24. The highest BCUT2D eigenvalue weighted by Gasteiger charge is 2.04. The first kappa shape index (κ1) is 16.3. The van der Waals surface area contributed by atoms with Gasteiger partial charge in [-0.3, -0.25) is 0 Å². The maximum Gasteiger partial charge on any atom is 0.407 e. The Morgan fingerprint density at radius 1 is 1.17 bits per heavy atom. The summed E-state index contributed by atoms with van der Waals surface area (Å²) in [5.41, 5.74) is 8.84. The van der Waals surface area contributed by atoms with Crippen molar-refractivity contribution in [3.05, 3.63) is 59.7 Å². The topological polar surface area (TPSA) is 77.2 Å². The lowest BCUT2D eigenvalue weighted by Crippen LogP contribution is -2.25. The van der Waals surface area contributed by atoms with E-state index in [1.54, 1.807) is 0 Å². The summed E-state index contributed by atoms with van der Waals surface area (Å²) in [5.74, 6) is 0. The number of alkyl carbamates (subject to hydrolysis) is 1. The van der Waals surface area contributed by atoms with E-state index in [2.05, 4.69) is 22.4 Å². The molecule has 0 unspecified atom stereocenters. The number of nitrogens with one attached hydrogen (secondary N) is 1. The molecule has 24 heavy (non-hydrogen) atoms. The molecule has 1 amide bonds. The zero-order valence-electron chi connectivity index (χ0n) is 13.2. The third-order valence-corrected chi connectivity index (χ3v) is 4.44. The largest absolute Gasteiger partial charge is 0.445 e. The standard InChI is InChI=1S/C18H19N3O2S/c19-17-21-15-9-8-13(11-16(15)24-17)7-4-10-20-18(22)23-12-14-5-2-1-3-6-14/h1-3,5-6,8-9,11H,4,7,10,12H2,(H2,19,21)(H,20,22). The number of rotatable bonds is 6. The Bertz CT molecular complexity index is 818. The zero-order valence-corrected chi connectivity index (χ0v) is 14.0. The molecular formula is C18H19N3O2S. The number of amides is 1. The van der Waals surface area contributed by atoms with Crippen LogP contribution >= 0.6 is 11.3 Å². The molecule has 0 aliphatic rings. The molecule has 3 aromatic rings. The second kappa shape index (κ2) is 7.79. The third kappa shape index (κ3) is 4.45. The van der Waals surface area contributed by atoms with Gasteiger partial charge in [0.05, 0.1) is 10.2 Å². The summed E-state index contributed by atoms with van der Waals surface area (Å²) < 4.78 is 6.27. The number of aryl methyl sites for hydroxylation is 1. The van der Waals surface area contributed by atoms with Crippen LogP contribution in [0.25, 0.3) is 10.2 Å². The number of nitrogens with zero attached hydrogens (tertiary/aromatic N) is 1. The van der Waals surface area contributed by atoms with Crippen LogP contribution in [-0.4, -0.2) is 17.6 Å². The highest BCUT2D eigenvalue weighted by atomic mass is 32.1. The molecule has 1 heterocycles. The smallest absolute Gasteiger partial charge is 0.407 e. The lowest BCUT2D eigenvalue weighted by molar-refractivity contribution is 0.139. The third-order valence-electron chi connectivity index (χ3n) is 3.59. The number of fused-ring (bicyclic) bond motifs is 1. The van der Waals surface area contributed by atoms with E-state index >= 15 is 0 Å². The van der Waals surface area contributed by atoms with Crippen molar-refractivity contribution >= 4 is 32.8 Å². The van der Waals surface area contributed by atoms with Gasteiger partial charge in [-0.25, -0.2) is 9.78 Å². The molecule has 5 nitrogen and oxygen atoms in total. The van der Waals surface area contributed by atoms with Crippen LogP contribution in [0, 0.1) is 0 Å². The number of carbonyl (C=O) groups is 1. The van der Waals surface area contributed by atoms with Crippen LogP contribution in [0.5, 0.6) is 0 Å². The Morgan fingerprint density at radius 3 is 2.83 bits per heavy atom. The molecule has 0 aliphatic carbocycles. The molecule has 124 valence electrons. The second-order valence-electron chi connectivity index (χ2n) is 5.45. The summed E-state index contributed by atoms with van der Waals surface area (Å²) >= 11 is 1.49. The van der Waals surface area contributed by atoms with Gasteiger partial charge in [0.1, 0.15) is 6.61 Å². The number of thiazole rings is 1. The van der Waals surface area contributed by atoms with Gasteiger partial charge in [0, 0.05) is 6.54 Å². The number of carbonyl (C=O) groups excluding carboxylic acids is 1. The van der Waals surface area contributed by atoms with Crippen LogP contribution in [0.3, 0.4) is 0 Å². The lowest BCUT2D eigenvalue weighted by Gasteiger charge is -2.07. The average Bonchev–Trinajstić information content (AvgIpc) is 2.97. The Balaban J connectivity index is 1.38. The summed E-state index contributed by atoms with van der Waals surface area (Å²) in [6, 6.07) is 15.8. The SMILES string of the molecule is Nc1nc2ccc(CCCNC(=O)OCc3ccccc3)cc2s1. The van der Waals surface area contributed by atoms with Crippen molar-refractivity contribution in [3.8, 4) is 0 Å². The average molecular weight is 341 g/mol. The van der Waals surface area contributed by atoms with Crippen LogP contribution in [-0.2, 0) is 17.8 Å². The molecule has 3 rings (SSSR count). The minimum Gasteiger partial charge on any atom is -0.445 e. The maximum atomic E-state index is 11.7. The van der Waals surface area contributed by atoms with Gasteiger partial charge in [-0.05, 0) is 36.1 Å². The fourth-order valence-corrected chi connectivity index (χ4v) is 3.20. The molecule has 1 aromatic heterocycles. The molecule has 3 N–H and O–H groups in total. The van der Waals surface area contributed by atoms with E-state index in [1.807, 2.05) is 36.4 Å². The van der Waals surface area contributed by atoms with Gasteiger partial charge >= 0.3 is 6.09 Å². The summed E-state index contributed by atoms with van der Waals surface area (Å²) in [6.07, 6.45) is 1.34. The van der Waals surface area contributed by atoms with Gasteiger partial charge in [0.2, 0.25) is 0 Å². The van der Waals surface area contributed by atoms with Crippen LogP contribution < -0.4 is 11.1 Å². The minimum atomic E-state index is -0.385. The van der Waals surface area contributed by atoms with Gasteiger partial charge < -0.3 is 15.8 Å². The number of anilines is 1. The number of aromatic nitrogens is 1. The molecule has 0 radical (unpaired) electrons. The van der Waals surface area contributed by atoms with E-state index in [0.29, 0.717) is 11.7 Å². The van der Waals surface area contributed by atoms with Crippen LogP contribution in [0.15, 0.2) is 48.5 Å². The van der Waals surface area contributed by atoms with Crippen molar-refractivity contribution in [2.75, 3.05) is 12.3 Å².